The van der Waals surface area contributed by atoms with Crippen LogP contribution in [0.4, 0.5) is 0 Å². The van der Waals surface area contributed by atoms with Gasteiger partial charge in [0.2, 0.25) is 0 Å². The molecule has 0 aliphatic carbocycles. The van der Waals surface area contributed by atoms with Crippen molar-refractivity contribution in [3.63, 3.8) is 0 Å². The molecule has 0 radical (unpaired) electrons. The van der Waals surface area contributed by atoms with Crippen LogP contribution in [-0.4, -0.2) is 61.1 Å². The normalized spacial score (nSPS) is 33.9. The lowest BCUT2D eigenvalue weighted by atomic mass is 10.1. The summed E-state index contributed by atoms with van der Waals surface area (Å²) in [6.07, 6.45) is -0.747. The molecule has 14 heavy (non-hydrogen) atoms. The van der Waals surface area contributed by atoms with Crippen LogP contribution in [0.3, 0.4) is 0 Å². The van der Waals surface area contributed by atoms with Crippen LogP contribution >= 0.6 is 0 Å². The van der Waals surface area contributed by atoms with E-state index in [0.717, 1.165) is 6.61 Å². The largest absolute Gasteiger partial charge is 0.390 e. The quantitative estimate of drug-likeness (QED) is 0.515. The first-order valence-electron chi connectivity index (χ1n) is 4.93. The Morgan fingerprint density at radius 1 is 1.14 bits per heavy atom. The Balaban J connectivity index is 1.52. The SMILES string of the molecule is OC(COCC1CO1)C(O)CC1CO1. The molecule has 4 atom stereocenters. The molecule has 2 fully saturated rings. The van der Waals surface area contributed by atoms with Crippen LogP contribution in [0.1, 0.15) is 6.42 Å². The molecular formula is C9H16O5. The van der Waals surface area contributed by atoms with E-state index < -0.39 is 12.2 Å². The molecule has 5 nitrogen and oxygen atoms in total. The fourth-order valence-corrected chi connectivity index (χ4v) is 1.23. The van der Waals surface area contributed by atoms with E-state index in [1.54, 1.807) is 0 Å². The van der Waals surface area contributed by atoms with Gasteiger partial charge in [0, 0.05) is 6.42 Å². The van der Waals surface area contributed by atoms with E-state index >= 15 is 0 Å². The van der Waals surface area contributed by atoms with Crippen molar-refractivity contribution in [2.45, 2.75) is 30.8 Å². The highest BCUT2D eigenvalue weighted by Gasteiger charge is 2.29. The summed E-state index contributed by atoms with van der Waals surface area (Å²) < 4.78 is 15.1. The number of hydrogen-bond acceptors (Lipinski definition) is 5. The van der Waals surface area contributed by atoms with Crippen LogP contribution < -0.4 is 0 Å². The number of hydrogen-bond donors (Lipinski definition) is 2. The second kappa shape index (κ2) is 4.55. The van der Waals surface area contributed by atoms with E-state index in [1.165, 1.54) is 0 Å². The van der Waals surface area contributed by atoms with Gasteiger partial charge in [-0.3, -0.25) is 0 Å². The monoisotopic (exact) mass is 204 g/mol. The molecule has 5 heteroatoms. The standard InChI is InChI=1S/C9H16O5/c10-8(1-6-3-13-6)9(11)5-12-2-7-4-14-7/h6-11H,1-5H2. The van der Waals surface area contributed by atoms with Gasteiger partial charge in [0.1, 0.15) is 12.2 Å². The zero-order valence-electron chi connectivity index (χ0n) is 7.96. The maximum Gasteiger partial charge on any atom is 0.104 e. The Bertz CT molecular complexity index is 178. The number of ether oxygens (including phenoxy) is 3. The third kappa shape index (κ3) is 3.51. The minimum atomic E-state index is -0.821. The molecule has 0 aromatic carbocycles. The first-order valence-corrected chi connectivity index (χ1v) is 4.93. The number of aliphatic hydroxyl groups is 2. The predicted octanol–water partition coefficient (Wildman–Crippen LogP) is -1.09. The molecule has 2 aliphatic heterocycles. The Morgan fingerprint density at radius 3 is 2.36 bits per heavy atom. The van der Waals surface area contributed by atoms with Crippen molar-refractivity contribution in [1.82, 2.24) is 0 Å². The van der Waals surface area contributed by atoms with Gasteiger partial charge in [0.05, 0.1) is 38.6 Å². The van der Waals surface area contributed by atoms with Gasteiger partial charge in [-0.1, -0.05) is 0 Å². The summed E-state index contributed by atoms with van der Waals surface area (Å²) in [5.41, 5.74) is 0. The second-order valence-corrected chi connectivity index (χ2v) is 3.82. The summed E-state index contributed by atoms with van der Waals surface area (Å²) in [6, 6.07) is 0. The van der Waals surface area contributed by atoms with Crippen LogP contribution in [0.2, 0.25) is 0 Å². The highest BCUT2D eigenvalue weighted by atomic mass is 16.6. The molecule has 2 aliphatic rings. The van der Waals surface area contributed by atoms with E-state index in [2.05, 4.69) is 0 Å². The lowest BCUT2D eigenvalue weighted by Crippen LogP contribution is -2.32. The van der Waals surface area contributed by atoms with Crippen LogP contribution in [-0.2, 0) is 14.2 Å². The lowest BCUT2D eigenvalue weighted by molar-refractivity contribution is -0.0447. The summed E-state index contributed by atoms with van der Waals surface area (Å²) >= 11 is 0. The number of epoxide rings is 2. The first-order chi connectivity index (χ1) is 6.75. The maximum atomic E-state index is 9.47. The lowest BCUT2D eigenvalue weighted by Gasteiger charge is -2.16. The minimum Gasteiger partial charge on any atom is -0.390 e. The third-order valence-electron chi connectivity index (χ3n) is 2.35. The van der Waals surface area contributed by atoms with Gasteiger partial charge in [0.25, 0.3) is 0 Å². The second-order valence-electron chi connectivity index (χ2n) is 3.82. The van der Waals surface area contributed by atoms with Gasteiger partial charge in [-0.05, 0) is 0 Å². The fraction of sp³-hybridized carbons (Fsp3) is 1.00. The first kappa shape index (κ1) is 10.3. The Labute approximate surface area is 82.6 Å². The van der Waals surface area contributed by atoms with Crippen molar-refractivity contribution in [2.24, 2.45) is 0 Å². The average molecular weight is 204 g/mol. The van der Waals surface area contributed by atoms with Crippen molar-refractivity contribution >= 4 is 0 Å². The summed E-state index contributed by atoms with van der Waals surface area (Å²) in [7, 11) is 0. The summed E-state index contributed by atoms with van der Waals surface area (Å²) in [5, 5.41) is 18.9. The molecule has 0 bridgehead atoms. The molecule has 0 amide bonds. The molecule has 0 spiro atoms. The van der Waals surface area contributed by atoms with Gasteiger partial charge in [0.15, 0.2) is 0 Å². The number of aliphatic hydroxyl groups excluding tert-OH is 2. The number of rotatable bonds is 7. The molecule has 4 unspecified atom stereocenters. The van der Waals surface area contributed by atoms with Gasteiger partial charge < -0.3 is 24.4 Å². The van der Waals surface area contributed by atoms with Gasteiger partial charge >= 0.3 is 0 Å². The van der Waals surface area contributed by atoms with E-state index in [1.807, 2.05) is 0 Å². The van der Waals surface area contributed by atoms with E-state index in [4.69, 9.17) is 14.2 Å². The van der Waals surface area contributed by atoms with Crippen molar-refractivity contribution in [3.05, 3.63) is 0 Å². The molecule has 2 rings (SSSR count). The summed E-state index contributed by atoms with van der Waals surface area (Å²) in [5.74, 6) is 0. The van der Waals surface area contributed by atoms with Crippen molar-refractivity contribution in [3.8, 4) is 0 Å². The molecule has 2 N–H and O–H groups in total. The molecule has 0 aromatic heterocycles. The summed E-state index contributed by atoms with van der Waals surface area (Å²) in [4.78, 5) is 0. The topological polar surface area (TPSA) is 74.8 Å². The average Bonchev–Trinajstić information content (AvgIpc) is 2.97. The zero-order chi connectivity index (χ0) is 9.97. The molecule has 2 heterocycles. The minimum absolute atomic E-state index is 0.131. The van der Waals surface area contributed by atoms with Crippen molar-refractivity contribution in [2.75, 3.05) is 26.4 Å². The van der Waals surface area contributed by atoms with Gasteiger partial charge in [-0.15, -0.1) is 0 Å². The van der Waals surface area contributed by atoms with Crippen LogP contribution in [0.5, 0.6) is 0 Å². The Kier molecular flexibility index (Phi) is 3.35. The van der Waals surface area contributed by atoms with Gasteiger partial charge in [-0.25, -0.2) is 0 Å². The van der Waals surface area contributed by atoms with Crippen molar-refractivity contribution in [1.29, 1.82) is 0 Å². The molecule has 82 valence electrons. The highest BCUT2D eigenvalue weighted by molar-refractivity contribution is 4.78. The van der Waals surface area contributed by atoms with E-state index in [9.17, 15) is 10.2 Å². The van der Waals surface area contributed by atoms with Gasteiger partial charge in [-0.2, -0.15) is 0 Å². The molecule has 2 saturated heterocycles. The molecule has 0 saturated carbocycles. The van der Waals surface area contributed by atoms with Crippen molar-refractivity contribution < 1.29 is 24.4 Å². The maximum absolute atomic E-state index is 9.47. The third-order valence-corrected chi connectivity index (χ3v) is 2.35. The van der Waals surface area contributed by atoms with E-state index in [0.29, 0.717) is 19.6 Å². The molecule has 0 aromatic rings. The van der Waals surface area contributed by atoms with Crippen LogP contribution in [0.15, 0.2) is 0 Å². The zero-order valence-corrected chi connectivity index (χ0v) is 7.96. The van der Waals surface area contributed by atoms with Crippen LogP contribution in [0, 0.1) is 0 Å². The van der Waals surface area contributed by atoms with Crippen LogP contribution in [0.25, 0.3) is 0 Å². The Morgan fingerprint density at radius 2 is 1.79 bits per heavy atom. The summed E-state index contributed by atoms with van der Waals surface area (Å²) in [6.45, 7) is 2.10. The van der Waals surface area contributed by atoms with E-state index in [-0.39, 0.29) is 18.8 Å². The smallest absolute Gasteiger partial charge is 0.104 e. The Hall–Kier alpha value is -0.200. The highest BCUT2D eigenvalue weighted by Crippen LogP contribution is 2.17. The predicted molar refractivity (Wildman–Crippen MR) is 46.9 cm³/mol. The fourth-order valence-electron chi connectivity index (χ4n) is 1.23. The molecular weight excluding hydrogens is 188 g/mol.